The van der Waals surface area contributed by atoms with Gasteiger partial charge in [-0.15, -0.1) is 10.2 Å². The maximum Gasteiger partial charge on any atom is 0.234 e. The van der Waals surface area contributed by atoms with Crippen LogP contribution < -0.4 is 20.1 Å². The Morgan fingerprint density at radius 1 is 1.10 bits per heavy atom. The fraction of sp³-hybridized carbons (Fsp3) is 0.150. The van der Waals surface area contributed by atoms with Crippen molar-refractivity contribution in [2.45, 2.75) is 11.6 Å². The standard InChI is InChI=1S/C20H16ClFN4O3S/c21-14-8-13(2-3-15(14)22)24-19(27)10-30-20-6-5-18(25-26-20)23-9-12-1-4-16-17(7-12)29-11-28-16/h1-8H,9-11H2,(H,23,25)(H,24,27). The molecule has 4 rings (SSSR count). The summed E-state index contributed by atoms with van der Waals surface area (Å²) in [6.45, 7) is 0.799. The molecule has 7 nitrogen and oxygen atoms in total. The zero-order chi connectivity index (χ0) is 20.9. The number of amides is 1. The van der Waals surface area contributed by atoms with E-state index in [1.165, 1.54) is 30.0 Å². The highest BCUT2D eigenvalue weighted by Crippen LogP contribution is 2.32. The third-order valence-corrected chi connectivity index (χ3v) is 5.31. The van der Waals surface area contributed by atoms with Gasteiger partial charge in [-0.05, 0) is 48.0 Å². The lowest BCUT2D eigenvalue weighted by Crippen LogP contribution is -2.14. The summed E-state index contributed by atoms with van der Waals surface area (Å²) in [5.74, 6) is 1.43. The molecule has 0 aliphatic carbocycles. The maximum atomic E-state index is 13.2. The largest absolute Gasteiger partial charge is 0.454 e. The van der Waals surface area contributed by atoms with Crippen molar-refractivity contribution in [1.29, 1.82) is 0 Å². The molecule has 30 heavy (non-hydrogen) atoms. The second kappa shape index (κ2) is 9.19. The van der Waals surface area contributed by atoms with Crippen molar-refractivity contribution in [3.63, 3.8) is 0 Å². The van der Waals surface area contributed by atoms with Crippen molar-refractivity contribution < 1.29 is 18.7 Å². The van der Waals surface area contributed by atoms with Crippen LogP contribution in [0.5, 0.6) is 11.5 Å². The van der Waals surface area contributed by atoms with Gasteiger partial charge in [-0.3, -0.25) is 4.79 Å². The van der Waals surface area contributed by atoms with E-state index in [0.717, 1.165) is 17.1 Å². The number of ether oxygens (including phenoxy) is 2. The Morgan fingerprint density at radius 3 is 2.77 bits per heavy atom. The Hall–Kier alpha value is -3.04. The summed E-state index contributed by atoms with van der Waals surface area (Å²) < 4.78 is 23.8. The van der Waals surface area contributed by atoms with Gasteiger partial charge in [0.2, 0.25) is 12.7 Å². The number of nitrogens with one attached hydrogen (secondary N) is 2. The molecule has 1 aliphatic rings. The van der Waals surface area contributed by atoms with Gasteiger partial charge < -0.3 is 20.1 Å². The topological polar surface area (TPSA) is 85.4 Å². The van der Waals surface area contributed by atoms with Gasteiger partial charge >= 0.3 is 0 Å². The number of carbonyl (C=O) groups is 1. The molecular formula is C20H16ClFN4O3S. The van der Waals surface area contributed by atoms with E-state index >= 15 is 0 Å². The van der Waals surface area contributed by atoms with E-state index < -0.39 is 5.82 Å². The van der Waals surface area contributed by atoms with E-state index in [9.17, 15) is 9.18 Å². The molecule has 0 radical (unpaired) electrons. The number of rotatable bonds is 7. The predicted molar refractivity (Wildman–Crippen MR) is 113 cm³/mol. The van der Waals surface area contributed by atoms with Crippen molar-refractivity contribution in [3.05, 3.63) is 64.9 Å². The van der Waals surface area contributed by atoms with E-state index in [1.807, 2.05) is 18.2 Å². The SMILES string of the molecule is O=C(CSc1ccc(NCc2ccc3c(c2)OCO3)nn1)Nc1ccc(F)c(Cl)c1. The van der Waals surface area contributed by atoms with Gasteiger partial charge in [0.1, 0.15) is 16.7 Å². The number of anilines is 2. The van der Waals surface area contributed by atoms with Gasteiger partial charge in [0, 0.05) is 12.2 Å². The first-order valence-electron chi connectivity index (χ1n) is 8.91. The number of thioether (sulfide) groups is 1. The molecule has 1 amide bonds. The van der Waals surface area contributed by atoms with Crippen LogP contribution in [0.2, 0.25) is 5.02 Å². The van der Waals surface area contributed by atoms with Crippen LogP contribution >= 0.6 is 23.4 Å². The molecule has 1 aromatic heterocycles. The van der Waals surface area contributed by atoms with Crippen LogP contribution in [-0.4, -0.2) is 28.7 Å². The van der Waals surface area contributed by atoms with Crippen LogP contribution in [0, 0.1) is 5.82 Å². The average molecular weight is 447 g/mol. The molecule has 0 saturated heterocycles. The molecule has 2 N–H and O–H groups in total. The average Bonchev–Trinajstić information content (AvgIpc) is 3.22. The molecule has 2 aromatic carbocycles. The summed E-state index contributed by atoms with van der Waals surface area (Å²) in [5, 5.41) is 14.6. The maximum absolute atomic E-state index is 13.2. The molecule has 10 heteroatoms. The Kier molecular flexibility index (Phi) is 6.20. The van der Waals surface area contributed by atoms with E-state index in [-0.39, 0.29) is 23.5 Å². The van der Waals surface area contributed by atoms with Crippen LogP contribution in [0.3, 0.4) is 0 Å². The third kappa shape index (κ3) is 5.11. The molecule has 0 fully saturated rings. The third-order valence-electron chi connectivity index (χ3n) is 4.11. The van der Waals surface area contributed by atoms with Crippen molar-refractivity contribution in [2.75, 3.05) is 23.2 Å². The molecule has 0 saturated carbocycles. The van der Waals surface area contributed by atoms with Crippen molar-refractivity contribution in [3.8, 4) is 11.5 Å². The molecule has 1 aliphatic heterocycles. The van der Waals surface area contributed by atoms with Crippen molar-refractivity contribution in [2.24, 2.45) is 0 Å². The Morgan fingerprint density at radius 2 is 1.97 bits per heavy atom. The predicted octanol–water partition coefficient (Wildman–Crippen LogP) is 4.34. The lowest BCUT2D eigenvalue weighted by Gasteiger charge is -2.07. The quantitative estimate of drug-likeness (QED) is 0.522. The van der Waals surface area contributed by atoms with Crippen LogP contribution in [0.25, 0.3) is 0 Å². The number of aromatic nitrogens is 2. The number of halogens is 2. The summed E-state index contributed by atoms with van der Waals surface area (Å²) in [5.41, 5.74) is 1.46. The normalized spacial score (nSPS) is 11.9. The summed E-state index contributed by atoms with van der Waals surface area (Å²) >= 11 is 6.95. The van der Waals surface area contributed by atoms with Crippen molar-refractivity contribution in [1.82, 2.24) is 10.2 Å². The summed E-state index contributed by atoms with van der Waals surface area (Å²) in [7, 11) is 0. The first kappa shape index (κ1) is 20.2. The van der Waals surface area contributed by atoms with E-state index in [2.05, 4.69) is 20.8 Å². The minimum absolute atomic E-state index is 0.0462. The van der Waals surface area contributed by atoms with Crippen LogP contribution in [-0.2, 0) is 11.3 Å². The van der Waals surface area contributed by atoms with E-state index in [0.29, 0.717) is 23.1 Å². The smallest absolute Gasteiger partial charge is 0.234 e. The molecule has 3 aromatic rings. The van der Waals surface area contributed by atoms with Gasteiger partial charge in [-0.2, -0.15) is 0 Å². The second-order valence-electron chi connectivity index (χ2n) is 6.26. The first-order valence-corrected chi connectivity index (χ1v) is 10.3. The van der Waals surface area contributed by atoms with Gasteiger partial charge in [0.05, 0.1) is 10.8 Å². The number of hydrogen-bond donors (Lipinski definition) is 2. The van der Waals surface area contributed by atoms with Crippen LogP contribution in [0.1, 0.15) is 5.56 Å². The monoisotopic (exact) mass is 446 g/mol. The minimum atomic E-state index is -0.536. The summed E-state index contributed by atoms with van der Waals surface area (Å²) in [4.78, 5) is 12.0. The highest BCUT2D eigenvalue weighted by molar-refractivity contribution is 7.99. The number of benzene rings is 2. The number of nitrogens with zero attached hydrogens (tertiary/aromatic N) is 2. The number of fused-ring (bicyclic) bond motifs is 1. The number of hydrogen-bond acceptors (Lipinski definition) is 7. The molecule has 154 valence electrons. The first-order chi connectivity index (χ1) is 14.6. The fourth-order valence-electron chi connectivity index (χ4n) is 2.65. The molecule has 2 heterocycles. The van der Waals surface area contributed by atoms with Gasteiger partial charge in [0.25, 0.3) is 0 Å². The zero-order valence-corrected chi connectivity index (χ0v) is 17.1. The Balaban J connectivity index is 1.25. The molecule has 0 bridgehead atoms. The molecule has 0 atom stereocenters. The van der Waals surface area contributed by atoms with E-state index in [1.54, 1.807) is 12.1 Å². The summed E-state index contributed by atoms with van der Waals surface area (Å²) in [6, 6.07) is 13.3. The van der Waals surface area contributed by atoms with Crippen LogP contribution in [0.4, 0.5) is 15.9 Å². The van der Waals surface area contributed by atoms with Crippen molar-refractivity contribution >= 4 is 40.8 Å². The Labute approximate surface area is 180 Å². The van der Waals surface area contributed by atoms with Gasteiger partial charge in [0.15, 0.2) is 11.5 Å². The minimum Gasteiger partial charge on any atom is -0.454 e. The highest BCUT2D eigenvalue weighted by Gasteiger charge is 2.13. The number of carbonyl (C=O) groups excluding carboxylic acids is 1. The van der Waals surface area contributed by atoms with Crippen LogP contribution in [0.15, 0.2) is 53.6 Å². The highest BCUT2D eigenvalue weighted by atomic mass is 35.5. The van der Waals surface area contributed by atoms with Gasteiger partial charge in [-0.25, -0.2) is 4.39 Å². The fourth-order valence-corrected chi connectivity index (χ4v) is 3.44. The molecular weight excluding hydrogens is 431 g/mol. The zero-order valence-electron chi connectivity index (χ0n) is 15.5. The van der Waals surface area contributed by atoms with Gasteiger partial charge in [-0.1, -0.05) is 29.4 Å². The molecule has 0 spiro atoms. The summed E-state index contributed by atoms with van der Waals surface area (Å²) in [6.07, 6.45) is 0. The Bertz CT molecular complexity index is 1070. The second-order valence-corrected chi connectivity index (χ2v) is 7.67. The molecule has 0 unspecified atom stereocenters. The lowest BCUT2D eigenvalue weighted by atomic mass is 10.2. The lowest BCUT2D eigenvalue weighted by molar-refractivity contribution is -0.113. The van der Waals surface area contributed by atoms with E-state index in [4.69, 9.17) is 21.1 Å².